The summed E-state index contributed by atoms with van der Waals surface area (Å²) in [6.45, 7) is 3.22. The average Bonchev–Trinajstić information content (AvgIpc) is 3.09. The molecular formula is C21H20BrF3N6O2S. The second kappa shape index (κ2) is 8.59. The zero-order valence-corrected chi connectivity index (χ0v) is 20.4. The van der Waals surface area contributed by atoms with Gasteiger partial charge in [0.25, 0.3) is 11.5 Å². The number of anilines is 1. The minimum Gasteiger partial charge on any atom is -0.349 e. The summed E-state index contributed by atoms with van der Waals surface area (Å²) in [5.41, 5.74) is 1.54. The molecule has 3 aromatic heterocycles. The Morgan fingerprint density at radius 3 is 2.79 bits per heavy atom. The topological polar surface area (TPSA) is 92.5 Å². The number of hydrogen-bond acceptors (Lipinski definition) is 7. The van der Waals surface area contributed by atoms with Crippen molar-refractivity contribution < 1.29 is 18.0 Å². The Kier molecular flexibility index (Phi) is 5.87. The first-order chi connectivity index (χ1) is 16.1. The van der Waals surface area contributed by atoms with Crippen LogP contribution < -0.4 is 15.8 Å². The van der Waals surface area contributed by atoms with Crippen LogP contribution in [0.1, 0.15) is 45.9 Å². The van der Waals surface area contributed by atoms with Crippen LogP contribution in [0, 0.1) is 12.8 Å². The Bertz CT molecular complexity index is 1330. The number of rotatable bonds is 4. The van der Waals surface area contributed by atoms with Gasteiger partial charge < -0.3 is 10.2 Å². The lowest BCUT2D eigenvalue weighted by Crippen LogP contribution is -2.45. The number of thiazole rings is 1. The molecule has 0 atom stereocenters. The summed E-state index contributed by atoms with van der Waals surface area (Å²) in [7, 11) is 0. The highest BCUT2D eigenvalue weighted by Crippen LogP contribution is 2.37. The van der Waals surface area contributed by atoms with E-state index in [1.807, 2.05) is 6.92 Å². The molecule has 13 heteroatoms. The normalized spacial score (nSPS) is 20.2. The molecule has 5 rings (SSSR count). The number of aromatic nitrogens is 4. The molecule has 2 aliphatic rings. The third-order valence-corrected chi connectivity index (χ3v) is 7.68. The van der Waals surface area contributed by atoms with Gasteiger partial charge in [-0.15, -0.1) is 16.4 Å². The second-order valence-electron chi connectivity index (χ2n) is 8.74. The number of halogens is 4. The molecule has 1 saturated carbocycles. The molecular weight excluding hydrogens is 537 g/mol. The van der Waals surface area contributed by atoms with E-state index in [-0.39, 0.29) is 30.2 Å². The number of aryl methyl sites for hydroxylation is 1. The van der Waals surface area contributed by atoms with Crippen molar-refractivity contribution in [1.29, 1.82) is 0 Å². The number of amides is 1. The van der Waals surface area contributed by atoms with Crippen molar-refractivity contribution in [3.63, 3.8) is 0 Å². The molecule has 4 heterocycles. The van der Waals surface area contributed by atoms with Gasteiger partial charge in [-0.25, -0.2) is 9.97 Å². The maximum Gasteiger partial charge on any atom is 0.389 e. The molecule has 0 bridgehead atoms. The lowest BCUT2D eigenvalue weighted by Gasteiger charge is -2.36. The highest BCUT2D eigenvalue weighted by atomic mass is 79.9. The number of alkyl halides is 3. The van der Waals surface area contributed by atoms with Crippen molar-refractivity contribution in [1.82, 2.24) is 24.9 Å². The van der Waals surface area contributed by atoms with Gasteiger partial charge in [0.15, 0.2) is 15.4 Å². The van der Waals surface area contributed by atoms with Crippen LogP contribution in [0.5, 0.6) is 0 Å². The molecule has 180 valence electrons. The van der Waals surface area contributed by atoms with E-state index in [9.17, 15) is 22.8 Å². The van der Waals surface area contributed by atoms with E-state index in [2.05, 4.69) is 41.2 Å². The van der Waals surface area contributed by atoms with Gasteiger partial charge in [-0.1, -0.05) is 0 Å². The zero-order chi connectivity index (χ0) is 24.2. The fraction of sp³-hybridized carbons (Fsp3) is 0.476. The Morgan fingerprint density at radius 1 is 1.29 bits per heavy atom. The summed E-state index contributed by atoms with van der Waals surface area (Å²) in [5, 5.41) is 7.19. The van der Waals surface area contributed by atoms with Gasteiger partial charge >= 0.3 is 6.18 Å². The Balaban J connectivity index is 1.33. The summed E-state index contributed by atoms with van der Waals surface area (Å²) >= 11 is 5.00. The molecule has 1 amide bonds. The van der Waals surface area contributed by atoms with Crippen LogP contribution in [-0.2, 0) is 13.0 Å². The number of carbonyl (C=O) groups excluding carboxylic acids is 1. The molecule has 1 aliphatic heterocycles. The van der Waals surface area contributed by atoms with Crippen LogP contribution in [0.25, 0.3) is 5.65 Å². The minimum atomic E-state index is -4.20. The number of hydrogen-bond donors (Lipinski definition) is 1. The first-order valence-corrected chi connectivity index (χ1v) is 12.3. The van der Waals surface area contributed by atoms with Gasteiger partial charge in [-0.3, -0.25) is 9.59 Å². The molecule has 1 aliphatic carbocycles. The third-order valence-electron chi connectivity index (χ3n) is 6.14. The van der Waals surface area contributed by atoms with Crippen LogP contribution in [0.4, 0.5) is 19.0 Å². The quantitative estimate of drug-likeness (QED) is 0.527. The number of nitrogens with zero attached hydrogens (tertiary/aromatic N) is 5. The predicted octanol–water partition coefficient (Wildman–Crippen LogP) is 3.64. The maximum atomic E-state index is 12.8. The van der Waals surface area contributed by atoms with E-state index in [4.69, 9.17) is 0 Å². The van der Waals surface area contributed by atoms with Crippen LogP contribution in [0.2, 0.25) is 0 Å². The smallest absolute Gasteiger partial charge is 0.349 e. The van der Waals surface area contributed by atoms with Crippen molar-refractivity contribution in [2.24, 2.45) is 5.92 Å². The van der Waals surface area contributed by atoms with Crippen molar-refractivity contribution >= 4 is 44.6 Å². The maximum absolute atomic E-state index is 12.8. The van der Waals surface area contributed by atoms with Gasteiger partial charge in [0.05, 0.1) is 12.2 Å². The van der Waals surface area contributed by atoms with Crippen molar-refractivity contribution in [3.05, 3.63) is 48.2 Å². The predicted molar refractivity (Wildman–Crippen MR) is 123 cm³/mol. The van der Waals surface area contributed by atoms with Crippen LogP contribution in [-0.4, -0.2) is 44.3 Å². The van der Waals surface area contributed by atoms with Gasteiger partial charge in [0.1, 0.15) is 5.69 Å². The average molecular weight is 557 g/mol. The van der Waals surface area contributed by atoms with Gasteiger partial charge in [-0.2, -0.15) is 17.7 Å². The third kappa shape index (κ3) is 4.67. The molecule has 8 nitrogen and oxygen atoms in total. The second-order valence-corrected chi connectivity index (χ2v) is 11.1. The first kappa shape index (κ1) is 23.2. The standard InChI is InChI=1S/C21H20BrF3N6O2S/c1-10-4-16-27-14(19(33)26-12-5-11(6-12)8-21(23,24)25)7-17(32)31(16)29-18(10)30-3-2-13-15(9-30)34-20(22)28-13/h4,7,11-12H,2-3,5-6,8-9H2,1H3,(H,26,33). The van der Waals surface area contributed by atoms with E-state index in [0.717, 1.165) is 32.5 Å². The van der Waals surface area contributed by atoms with Gasteiger partial charge in [0.2, 0.25) is 0 Å². The lowest BCUT2D eigenvalue weighted by atomic mass is 9.78. The number of nitrogens with one attached hydrogen (secondary N) is 1. The minimum absolute atomic E-state index is 0.0738. The van der Waals surface area contributed by atoms with E-state index >= 15 is 0 Å². The Labute approximate surface area is 204 Å². The van der Waals surface area contributed by atoms with E-state index in [0.29, 0.717) is 18.9 Å². The molecule has 0 radical (unpaired) electrons. The Hall–Kier alpha value is -2.54. The lowest BCUT2D eigenvalue weighted by molar-refractivity contribution is -0.151. The number of fused-ring (bicyclic) bond motifs is 2. The van der Waals surface area contributed by atoms with E-state index in [1.54, 1.807) is 17.4 Å². The van der Waals surface area contributed by atoms with Crippen molar-refractivity contribution in [3.8, 4) is 0 Å². The van der Waals surface area contributed by atoms with Crippen LogP contribution in [0.15, 0.2) is 20.8 Å². The summed E-state index contributed by atoms with van der Waals surface area (Å²) < 4.78 is 39.4. The monoisotopic (exact) mass is 556 g/mol. The van der Waals surface area contributed by atoms with E-state index in [1.165, 1.54) is 4.52 Å². The molecule has 34 heavy (non-hydrogen) atoms. The summed E-state index contributed by atoms with van der Waals surface area (Å²) in [6.07, 6.45) is -3.76. The SMILES string of the molecule is Cc1cc2nc(C(=O)NC3CC(CC(F)(F)F)C3)cc(=O)n2nc1N1CCc2nc(Br)sc2C1. The summed E-state index contributed by atoms with van der Waals surface area (Å²) in [4.78, 5) is 37.3. The highest BCUT2D eigenvalue weighted by molar-refractivity contribution is 9.11. The van der Waals surface area contributed by atoms with Gasteiger partial charge in [0, 0.05) is 36.4 Å². The van der Waals surface area contributed by atoms with Crippen LogP contribution >= 0.6 is 27.3 Å². The highest BCUT2D eigenvalue weighted by Gasteiger charge is 2.39. The molecule has 0 unspecified atom stereocenters. The molecule has 1 N–H and O–H groups in total. The Morgan fingerprint density at radius 2 is 2.06 bits per heavy atom. The summed E-state index contributed by atoms with van der Waals surface area (Å²) in [5.74, 6) is -0.396. The van der Waals surface area contributed by atoms with Crippen LogP contribution in [0.3, 0.4) is 0 Å². The first-order valence-electron chi connectivity index (χ1n) is 10.7. The molecule has 3 aromatic rings. The van der Waals surface area contributed by atoms with Crippen molar-refractivity contribution in [2.75, 3.05) is 11.4 Å². The fourth-order valence-corrected chi connectivity index (χ4v) is 6.15. The molecule has 0 aromatic carbocycles. The van der Waals surface area contributed by atoms with Gasteiger partial charge in [-0.05, 0) is 53.2 Å². The van der Waals surface area contributed by atoms with E-state index < -0.39 is 30.0 Å². The molecule has 0 spiro atoms. The largest absolute Gasteiger partial charge is 0.389 e. The number of carbonyl (C=O) groups is 1. The fourth-order valence-electron chi connectivity index (χ4n) is 4.50. The molecule has 1 fully saturated rings. The molecule has 0 saturated heterocycles. The zero-order valence-electron chi connectivity index (χ0n) is 18.0. The summed E-state index contributed by atoms with van der Waals surface area (Å²) in [6, 6.07) is 2.47. The van der Waals surface area contributed by atoms with Crippen molar-refractivity contribution in [2.45, 2.75) is 51.4 Å².